The highest BCUT2D eigenvalue weighted by molar-refractivity contribution is 7.81. The van der Waals surface area contributed by atoms with Gasteiger partial charge in [0.25, 0.3) is 28.4 Å². The molecule has 2 atom stereocenters. The van der Waals surface area contributed by atoms with Gasteiger partial charge in [-0.3, -0.25) is 13.8 Å². The Morgan fingerprint density at radius 3 is 2.38 bits per heavy atom. The largest absolute Gasteiger partial charge is 0.316 e. The lowest BCUT2D eigenvalue weighted by Crippen LogP contribution is -2.07. The van der Waals surface area contributed by atoms with Crippen LogP contribution >= 0.6 is 0 Å². The molecule has 1 rings (SSSR count). The molecule has 74 valence electrons. The lowest BCUT2D eigenvalue weighted by atomic mass is 10.7. The van der Waals surface area contributed by atoms with E-state index in [9.17, 15) is 8.42 Å². The van der Waals surface area contributed by atoms with E-state index >= 15 is 0 Å². The van der Waals surface area contributed by atoms with Crippen LogP contribution in [0.15, 0.2) is 4.52 Å². The van der Waals surface area contributed by atoms with Gasteiger partial charge in [-0.1, -0.05) is 5.10 Å². The summed E-state index contributed by atoms with van der Waals surface area (Å²) in [5.41, 5.74) is 0. The van der Waals surface area contributed by atoms with Gasteiger partial charge in [0.15, 0.2) is 0 Å². The third-order valence-corrected chi connectivity index (χ3v) is 1.58. The highest BCUT2D eigenvalue weighted by atomic mass is 32.2. The predicted molar refractivity (Wildman–Crippen MR) is 43.1 cm³/mol. The molecule has 2 unspecified atom stereocenters. The molecule has 0 aliphatic carbocycles. The molecule has 0 radical (unpaired) electrons. The zero-order valence-corrected chi connectivity index (χ0v) is 7.46. The van der Waals surface area contributed by atoms with E-state index in [0.29, 0.717) is 0 Å². The summed E-state index contributed by atoms with van der Waals surface area (Å²) in [5.74, 6) is -0.536. The molecule has 0 aromatic carbocycles. The second-order valence-electron chi connectivity index (χ2n) is 1.65. The second kappa shape index (κ2) is 4.27. The Bertz CT molecular complexity index is 307. The van der Waals surface area contributed by atoms with Crippen LogP contribution in [0.4, 0.5) is 11.7 Å². The van der Waals surface area contributed by atoms with Gasteiger partial charge in [0.2, 0.25) is 5.82 Å². The van der Waals surface area contributed by atoms with Crippen molar-refractivity contribution in [2.45, 2.75) is 0 Å². The summed E-state index contributed by atoms with van der Waals surface area (Å²) in [6, 6.07) is 0. The fourth-order valence-electron chi connectivity index (χ4n) is 0.486. The number of hydrogen-bond acceptors (Lipinski definition) is 5. The molecule has 0 aliphatic rings. The highest BCUT2D eigenvalue weighted by Gasteiger charge is 2.12. The maximum atomic E-state index is 10.2. The summed E-state index contributed by atoms with van der Waals surface area (Å²) < 4.78 is 45.3. The van der Waals surface area contributed by atoms with Gasteiger partial charge < -0.3 is 4.52 Å². The van der Waals surface area contributed by atoms with E-state index in [1.54, 1.807) is 0 Å². The van der Waals surface area contributed by atoms with Gasteiger partial charge >= 0.3 is 0 Å². The van der Waals surface area contributed by atoms with E-state index in [1.807, 2.05) is 9.44 Å². The minimum atomic E-state index is -2.36. The lowest BCUT2D eigenvalue weighted by Gasteiger charge is -1.97. The van der Waals surface area contributed by atoms with Crippen molar-refractivity contribution >= 4 is 34.2 Å². The maximum Gasteiger partial charge on any atom is 0.284 e. The van der Waals surface area contributed by atoms with E-state index in [-0.39, 0.29) is 11.7 Å². The number of nitrogens with one attached hydrogen (secondary N) is 2. The minimum Gasteiger partial charge on any atom is -0.316 e. The maximum absolute atomic E-state index is 10.2. The molecule has 4 N–H and O–H groups in total. The first-order valence-electron chi connectivity index (χ1n) is 2.67. The van der Waals surface area contributed by atoms with E-state index in [2.05, 4.69) is 14.9 Å². The van der Waals surface area contributed by atoms with Crippen molar-refractivity contribution in [3.05, 3.63) is 0 Å². The van der Waals surface area contributed by atoms with Crippen LogP contribution in [0.2, 0.25) is 0 Å². The fraction of sp³-hybridized carbons (Fsp3) is 0. The molecule has 13 heavy (non-hydrogen) atoms. The Hall–Kier alpha value is -1.04. The molecular weight excluding hydrogens is 224 g/mol. The van der Waals surface area contributed by atoms with E-state index in [0.717, 1.165) is 0 Å². The molecule has 1 aromatic rings. The van der Waals surface area contributed by atoms with Crippen molar-refractivity contribution in [3.8, 4) is 0 Å². The summed E-state index contributed by atoms with van der Waals surface area (Å²) in [4.78, 5) is 0. The molecular formula is C2H4N4O5S2. The topological polar surface area (TPSA) is 138 Å². The van der Waals surface area contributed by atoms with Crippen molar-refractivity contribution in [2.24, 2.45) is 0 Å². The zero-order chi connectivity index (χ0) is 9.84. The Balaban J connectivity index is 2.76. The van der Waals surface area contributed by atoms with Crippen molar-refractivity contribution < 1.29 is 22.0 Å². The summed E-state index contributed by atoms with van der Waals surface area (Å²) in [5, 5.41) is 6.21. The van der Waals surface area contributed by atoms with E-state index in [4.69, 9.17) is 9.11 Å². The van der Waals surface area contributed by atoms with Gasteiger partial charge in [0.1, 0.15) is 0 Å². The van der Waals surface area contributed by atoms with Gasteiger partial charge in [-0.25, -0.2) is 13.1 Å². The first kappa shape index (κ1) is 10.0. The number of hydrogen-bond donors (Lipinski definition) is 4. The standard InChI is InChI=1S/C2H4N4O5S2/c7-12(8)4-1-2(5-13(9)10)11-6-3-1/h4-5H,(H,7,8)(H,9,10). The molecule has 0 saturated heterocycles. The summed E-state index contributed by atoms with van der Waals surface area (Å²) >= 11 is -4.72. The van der Waals surface area contributed by atoms with E-state index < -0.39 is 22.5 Å². The molecule has 0 spiro atoms. The first-order valence-corrected chi connectivity index (χ1v) is 4.88. The monoisotopic (exact) mass is 228 g/mol. The van der Waals surface area contributed by atoms with Crippen molar-refractivity contribution in [1.82, 2.24) is 10.4 Å². The zero-order valence-electron chi connectivity index (χ0n) is 5.83. The van der Waals surface area contributed by atoms with Crippen molar-refractivity contribution in [2.75, 3.05) is 9.44 Å². The molecule has 0 saturated carbocycles. The average Bonchev–Trinajstić information content (AvgIpc) is 2.34. The number of anilines is 2. The van der Waals surface area contributed by atoms with Gasteiger partial charge in [0.05, 0.1) is 0 Å². The Morgan fingerprint density at radius 2 is 1.85 bits per heavy atom. The Labute approximate surface area is 76.7 Å². The highest BCUT2D eigenvalue weighted by Crippen LogP contribution is 2.17. The van der Waals surface area contributed by atoms with Gasteiger partial charge in [-0.15, -0.1) is 0 Å². The van der Waals surface area contributed by atoms with Crippen molar-refractivity contribution in [1.29, 1.82) is 0 Å². The second-order valence-corrected chi connectivity index (χ2v) is 3.06. The van der Waals surface area contributed by atoms with Crippen LogP contribution in [-0.2, 0) is 22.5 Å². The average molecular weight is 228 g/mol. The summed E-state index contributed by atoms with van der Waals surface area (Å²) in [6.45, 7) is 0. The fourth-order valence-corrected chi connectivity index (χ4v) is 1.08. The van der Waals surface area contributed by atoms with E-state index in [1.165, 1.54) is 0 Å². The lowest BCUT2D eigenvalue weighted by molar-refractivity contribution is 0.406. The van der Waals surface area contributed by atoms with Crippen LogP contribution < -0.4 is 9.44 Å². The third kappa shape index (κ3) is 3.06. The number of nitrogens with zero attached hydrogens (tertiary/aromatic N) is 2. The number of rotatable bonds is 4. The molecule has 0 aliphatic heterocycles. The van der Waals surface area contributed by atoms with Crippen molar-refractivity contribution in [3.63, 3.8) is 0 Å². The van der Waals surface area contributed by atoms with Gasteiger partial charge in [-0.05, 0) is 0 Å². The third-order valence-electron chi connectivity index (χ3n) is 0.852. The Morgan fingerprint density at radius 1 is 1.23 bits per heavy atom. The Kier molecular flexibility index (Phi) is 3.30. The normalized spacial score (nSPS) is 14.9. The van der Waals surface area contributed by atoms with Gasteiger partial charge in [0, 0.05) is 5.27 Å². The van der Waals surface area contributed by atoms with Crippen LogP contribution in [0.25, 0.3) is 0 Å². The molecule has 0 fully saturated rings. The molecule has 0 amide bonds. The SMILES string of the molecule is O=S(O)Nc1nnoc1NS(=O)O. The van der Waals surface area contributed by atoms with Crippen LogP contribution in [0, 0.1) is 0 Å². The molecule has 0 bridgehead atoms. The van der Waals surface area contributed by atoms with Crippen LogP contribution in [0.1, 0.15) is 0 Å². The van der Waals surface area contributed by atoms with Crippen LogP contribution in [-0.4, -0.2) is 27.9 Å². The molecule has 1 heterocycles. The first-order chi connectivity index (χ1) is 6.09. The smallest absolute Gasteiger partial charge is 0.284 e. The van der Waals surface area contributed by atoms with Gasteiger partial charge in [-0.2, -0.15) is 0 Å². The molecule has 11 heteroatoms. The minimum absolute atomic E-state index is 0.233. The molecule has 1 aromatic heterocycles. The van der Waals surface area contributed by atoms with Crippen LogP contribution in [0.3, 0.4) is 0 Å². The molecule has 9 nitrogen and oxygen atoms in total. The summed E-state index contributed by atoms with van der Waals surface area (Å²) in [7, 11) is 0. The summed E-state index contributed by atoms with van der Waals surface area (Å²) in [6.07, 6.45) is 0. The van der Waals surface area contributed by atoms with Crippen LogP contribution in [0.5, 0.6) is 0 Å². The quantitative estimate of drug-likeness (QED) is 0.493. The predicted octanol–water partition coefficient (Wildman–Crippen LogP) is -0.833. The number of aromatic nitrogens is 2.